The molecular weight excluding hydrogens is 390 g/mol. The Morgan fingerprint density at radius 3 is 2.33 bits per heavy atom. The molecule has 1 N–H and O–H groups in total. The van der Waals surface area contributed by atoms with Crippen LogP contribution in [-0.2, 0) is 6.54 Å². The van der Waals surface area contributed by atoms with E-state index < -0.39 is 0 Å². The molecule has 2 atom stereocenters. The first-order valence-electron chi connectivity index (χ1n) is 9.92. The molecule has 1 aromatic carbocycles. The molecule has 0 amide bonds. The van der Waals surface area contributed by atoms with E-state index in [0.717, 1.165) is 22.3 Å². The summed E-state index contributed by atoms with van der Waals surface area (Å²) in [6.07, 6.45) is 5.69. The first kappa shape index (κ1) is 18.5. The van der Waals surface area contributed by atoms with Crippen molar-refractivity contribution in [3.8, 4) is 5.82 Å². The van der Waals surface area contributed by atoms with Crippen LogP contribution >= 0.6 is 12.2 Å². The average molecular weight is 412 g/mol. The van der Waals surface area contributed by atoms with Crippen molar-refractivity contribution < 1.29 is 0 Å². The lowest BCUT2D eigenvalue weighted by atomic mass is 10.0. The molecule has 3 aromatic heterocycles. The number of thiocarbonyl (C=S) groups is 1. The molecule has 0 radical (unpaired) electrons. The van der Waals surface area contributed by atoms with Gasteiger partial charge < -0.3 is 14.8 Å². The molecule has 148 valence electrons. The number of pyridine rings is 2. The summed E-state index contributed by atoms with van der Waals surface area (Å²) in [5, 5.41) is 4.25. The monoisotopic (exact) mass is 411 g/mol. The predicted molar refractivity (Wildman–Crippen MR) is 121 cm³/mol. The van der Waals surface area contributed by atoms with Crippen molar-refractivity contribution >= 4 is 17.3 Å². The van der Waals surface area contributed by atoms with Crippen molar-refractivity contribution in [1.29, 1.82) is 0 Å². The fraction of sp³-hybridized carbons (Fsp3) is 0.125. The third-order valence-electron chi connectivity index (χ3n) is 5.37. The fourth-order valence-corrected chi connectivity index (χ4v) is 4.32. The van der Waals surface area contributed by atoms with Gasteiger partial charge in [0.25, 0.3) is 0 Å². The number of nitrogens with one attached hydrogen (secondary N) is 1. The van der Waals surface area contributed by atoms with Crippen LogP contribution in [0.3, 0.4) is 0 Å². The number of benzene rings is 1. The van der Waals surface area contributed by atoms with Gasteiger partial charge in [0.05, 0.1) is 17.8 Å². The van der Waals surface area contributed by atoms with Gasteiger partial charge in [-0.25, -0.2) is 4.98 Å². The highest BCUT2D eigenvalue weighted by Gasteiger charge is 2.41. The van der Waals surface area contributed by atoms with Crippen LogP contribution in [0.4, 0.5) is 0 Å². The lowest BCUT2D eigenvalue weighted by Gasteiger charge is -2.28. The van der Waals surface area contributed by atoms with Crippen LogP contribution < -0.4 is 5.32 Å². The summed E-state index contributed by atoms with van der Waals surface area (Å²) in [5.74, 6) is 0.884. The summed E-state index contributed by atoms with van der Waals surface area (Å²) in [6, 6.07) is 26.5. The second-order valence-electron chi connectivity index (χ2n) is 7.23. The van der Waals surface area contributed by atoms with Crippen molar-refractivity contribution in [2.45, 2.75) is 18.6 Å². The number of aromatic nitrogens is 3. The zero-order chi connectivity index (χ0) is 20.3. The maximum atomic E-state index is 5.79. The minimum Gasteiger partial charge on any atom is -0.352 e. The summed E-state index contributed by atoms with van der Waals surface area (Å²) >= 11 is 5.79. The summed E-state index contributed by atoms with van der Waals surface area (Å²) in [6.45, 7) is 0.716. The van der Waals surface area contributed by atoms with E-state index in [4.69, 9.17) is 12.2 Å². The van der Waals surface area contributed by atoms with E-state index >= 15 is 0 Å². The molecule has 30 heavy (non-hydrogen) atoms. The molecule has 0 unspecified atom stereocenters. The molecule has 0 bridgehead atoms. The van der Waals surface area contributed by atoms with E-state index in [2.05, 4.69) is 67.3 Å². The van der Waals surface area contributed by atoms with Gasteiger partial charge in [0.15, 0.2) is 5.11 Å². The molecule has 1 fully saturated rings. The lowest BCUT2D eigenvalue weighted by molar-refractivity contribution is 0.302. The first-order chi connectivity index (χ1) is 14.8. The predicted octanol–water partition coefficient (Wildman–Crippen LogP) is 4.44. The number of rotatable bonds is 5. The zero-order valence-electron chi connectivity index (χ0n) is 16.3. The van der Waals surface area contributed by atoms with E-state index in [1.807, 2.05) is 54.9 Å². The molecule has 4 heterocycles. The van der Waals surface area contributed by atoms with Crippen molar-refractivity contribution in [3.05, 3.63) is 114 Å². The van der Waals surface area contributed by atoms with Gasteiger partial charge in [-0.1, -0.05) is 42.5 Å². The molecule has 1 aliphatic heterocycles. The minimum absolute atomic E-state index is 0.0235. The minimum atomic E-state index is -0.0558. The molecule has 1 saturated heterocycles. The van der Waals surface area contributed by atoms with Crippen LogP contribution in [-0.4, -0.2) is 24.5 Å². The molecule has 4 aromatic rings. The maximum absolute atomic E-state index is 5.79. The Bertz CT molecular complexity index is 1130. The largest absolute Gasteiger partial charge is 0.352 e. The van der Waals surface area contributed by atoms with E-state index in [-0.39, 0.29) is 12.1 Å². The molecule has 6 heteroatoms. The van der Waals surface area contributed by atoms with Crippen molar-refractivity contribution in [2.24, 2.45) is 0 Å². The highest BCUT2D eigenvalue weighted by Crippen LogP contribution is 2.40. The molecule has 1 aliphatic rings. The number of hydrogen-bond acceptors (Lipinski definition) is 3. The normalized spacial score (nSPS) is 18.4. The highest BCUT2D eigenvalue weighted by atomic mass is 32.1. The van der Waals surface area contributed by atoms with Gasteiger partial charge in [-0.05, 0) is 54.2 Å². The standard InChI is InChI=1S/C24H21N5S/c30-24-27-22(19-11-4-6-14-25-19)23(29(24)17-18-9-2-1-3-10-18)20-12-8-16-28(20)21-13-5-7-15-26-21/h1-16,22-23H,17H2,(H,27,30)/t22-,23-/m0/s1. The second kappa shape index (κ2) is 8.08. The van der Waals surface area contributed by atoms with E-state index in [0.29, 0.717) is 6.54 Å². The summed E-state index contributed by atoms with van der Waals surface area (Å²) < 4.78 is 2.13. The summed E-state index contributed by atoms with van der Waals surface area (Å²) in [5.41, 5.74) is 3.30. The Balaban J connectivity index is 1.60. The van der Waals surface area contributed by atoms with Crippen LogP contribution in [0.15, 0.2) is 97.5 Å². The third-order valence-corrected chi connectivity index (χ3v) is 5.73. The SMILES string of the molecule is S=C1N[C@@H](c2ccccn2)[C@H](c2cccn2-c2ccccn2)N1Cc1ccccc1. The van der Waals surface area contributed by atoms with Gasteiger partial charge in [-0.3, -0.25) is 4.98 Å². The Kier molecular flexibility index (Phi) is 4.99. The van der Waals surface area contributed by atoms with Crippen LogP contribution in [0.2, 0.25) is 0 Å². The van der Waals surface area contributed by atoms with E-state index in [1.165, 1.54) is 5.56 Å². The Hall–Kier alpha value is -3.51. The summed E-state index contributed by atoms with van der Waals surface area (Å²) in [7, 11) is 0. The number of hydrogen-bond donors (Lipinski definition) is 1. The Morgan fingerprint density at radius 1 is 0.833 bits per heavy atom. The summed E-state index contributed by atoms with van der Waals surface area (Å²) in [4.78, 5) is 11.4. The Morgan fingerprint density at radius 2 is 1.60 bits per heavy atom. The fourth-order valence-electron chi connectivity index (χ4n) is 4.02. The zero-order valence-corrected chi connectivity index (χ0v) is 17.1. The third kappa shape index (κ3) is 3.46. The van der Waals surface area contributed by atoms with E-state index in [9.17, 15) is 0 Å². The molecule has 5 rings (SSSR count). The smallest absolute Gasteiger partial charge is 0.170 e. The van der Waals surface area contributed by atoms with Crippen molar-refractivity contribution in [2.75, 3.05) is 0 Å². The van der Waals surface area contributed by atoms with E-state index in [1.54, 1.807) is 0 Å². The van der Waals surface area contributed by atoms with Crippen molar-refractivity contribution in [3.63, 3.8) is 0 Å². The molecular formula is C24H21N5S. The quantitative estimate of drug-likeness (QED) is 0.492. The maximum Gasteiger partial charge on any atom is 0.170 e. The lowest BCUT2D eigenvalue weighted by Crippen LogP contribution is -2.30. The molecule has 0 aliphatic carbocycles. The van der Waals surface area contributed by atoms with Gasteiger partial charge in [0.1, 0.15) is 5.82 Å². The number of nitrogens with zero attached hydrogens (tertiary/aromatic N) is 4. The van der Waals surface area contributed by atoms with Gasteiger partial charge in [-0.2, -0.15) is 0 Å². The Labute approximate surface area is 181 Å². The highest BCUT2D eigenvalue weighted by molar-refractivity contribution is 7.80. The van der Waals surface area contributed by atoms with Crippen LogP contribution in [0.1, 0.15) is 29.0 Å². The molecule has 0 saturated carbocycles. The van der Waals surface area contributed by atoms with Gasteiger partial charge >= 0.3 is 0 Å². The topological polar surface area (TPSA) is 46.0 Å². The van der Waals surface area contributed by atoms with Crippen molar-refractivity contribution in [1.82, 2.24) is 24.8 Å². The molecule has 5 nitrogen and oxygen atoms in total. The van der Waals surface area contributed by atoms with Crippen LogP contribution in [0, 0.1) is 0 Å². The molecule has 0 spiro atoms. The van der Waals surface area contributed by atoms with Gasteiger partial charge in [0.2, 0.25) is 0 Å². The van der Waals surface area contributed by atoms with Crippen LogP contribution in [0.5, 0.6) is 0 Å². The van der Waals surface area contributed by atoms with Gasteiger partial charge in [-0.15, -0.1) is 0 Å². The second-order valence-corrected chi connectivity index (χ2v) is 7.62. The van der Waals surface area contributed by atoms with Crippen LogP contribution in [0.25, 0.3) is 5.82 Å². The first-order valence-corrected chi connectivity index (χ1v) is 10.3. The van der Waals surface area contributed by atoms with Gasteiger partial charge in [0, 0.05) is 30.8 Å². The average Bonchev–Trinajstić information content (AvgIpc) is 3.40.